The van der Waals surface area contributed by atoms with Crippen LogP contribution in [0.1, 0.15) is 25.0 Å². The van der Waals surface area contributed by atoms with Gasteiger partial charge in [0.15, 0.2) is 16.6 Å². The molecular weight excluding hydrogens is 322 g/mol. The molecule has 2 aromatic rings. The lowest BCUT2D eigenvalue weighted by atomic mass is 10.2. The number of methoxy groups -OCH3 is 1. The summed E-state index contributed by atoms with van der Waals surface area (Å²) in [6.45, 7) is 6.53. The lowest BCUT2D eigenvalue weighted by molar-refractivity contribution is 0.230. The SMILES string of the molecule is COc1cc(CNC(=S)Nc2ncccc2C)ccc1OC(C)C. The van der Waals surface area contributed by atoms with Crippen molar-refractivity contribution in [2.24, 2.45) is 0 Å². The molecule has 2 rings (SSSR count). The molecule has 24 heavy (non-hydrogen) atoms. The molecule has 0 saturated carbocycles. The van der Waals surface area contributed by atoms with Gasteiger partial charge in [0.25, 0.3) is 0 Å². The van der Waals surface area contributed by atoms with Crippen LogP contribution in [0.2, 0.25) is 0 Å². The van der Waals surface area contributed by atoms with Gasteiger partial charge in [0, 0.05) is 12.7 Å². The fourth-order valence-electron chi connectivity index (χ4n) is 2.12. The van der Waals surface area contributed by atoms with Crippen molar-refractivity contribution in [1.29, 1.82) is 0 Å². The van der Waals surface area contributed by atoms with Crippen LogP contribution in [-0.2, 0) is 6.54 Å². The maximum absolute atomic E-state index is 5.72. The van der Waals surface area contributed by atoms with Crippen LogP contribution in [0, 0.1) is 6.92 Å². The molecule has 1 aromatic carbocycles. The Balaban J connectivity index is 1.96. The summed E-state index contributed by atoms with van der Waals surface area (Å²) in [4.78, 5) is 4.26. The van der Waals surface area contributed by atoms with Crippen LogP contribution in [0.5, 0.6) is 11.5 Å². The molecular formula is C18H23N3O2S. The zero-order chi connectivity index (χ0) is 17.5. The Morgan fingerprint density at radius 2 is 2.04 bits per heavy atom. The van der Waals surface area contributed by atoms with Gasteiger partial charge in [0.05, 0.1) is 13.2 Å². The summed E-state index contributed by atoms with van der Waals surface area (Å²) in [7, 11) is 1.63. The molecule has 0 amide bonds. The predicted octanol–water partition coefficient (Wildman–Crippen LogP) is 3.67. The molecule has 0 aliphatic carbocycles. The Morgan fingerprint density at radius 3 is 2.71 bits per heavy atom. The zero-order valence-electron chi connectivity index (χ0n) is 14.4. The van der Waals surface area contributed by atoms with Gasteiger partial charge in [0.2, 0.25) is 0 Å². The first-order valence-electron chi connectivity index (χ1n) is 7.79. The molecule has 128 valence electrons. The lowest BCUT2D eigenvalue weighted by Crippen LogP contribution is -2.28. The monoisotopic (exact) mass is 345 g/mol. The molecule has 0 saturated heterocycles. The summed E-state index contributed by atoms with van der Waals surface area (Å²) in [5.41, 5.74) is 2.09. The Morgan fingerprint density at radius 1 is 1.25 bits per heavy atom. The van der Waals surface area contributed by atoms with Gasteiger partial charge in [-0.2, -0.15) is 0 Å². The van der Waals surface area contributed by atoms with Crippen LogP contribution >= 0.6 is 12.2 Å². The molecule has 1 heterocycles. The van der Waals surface area contributed by atoms with E-state index in [-0.39, 0.29) is 6.10 Å². The van der Waals surface area contributed by atoms with Gasteiger partial charge in [-0.1, -0.05) is 12.1 Å². The fraction of sp³-hybridized carbons (Fsp3) is 0.333. The molecule has 5 nitrogen and oxygen atoms in total. The number of rotatable bonds is 6. The minimum Gasteiger partial charge on any atom is -0.493 e. The van der Waals surface area contributed by atoms with Gasteiger partial charge in [-0.3, -0.25) is 0 Å². The third kappa shape index (κ3) is 5.09. The molecule has 0 bridgehead atoms. The highest BCUT2D eigenvalue weighted by molar-refractivity contribution is 7.80. The van der Waals surface area contributed by atoms with Crippen LogP contribution in [0.3, 0.4) is 0 Å². The highest BCUT2D eigenvalue weighted by Gasteiger charge is 2.08. The summed E-state index contributed by atoms with van der Waals surface area (Å²) in [5, 5.41) is 6.80. The first-order chi connectivity index (χ1) is 11.5. The van der Waals surface area contributed by atoms with Gasteiger partial charge < -0.3 is 20.1 Å². The first kappa shape index (κ1) is 18.0. The number of aromatic nitrogens is 1. The Hall–Kier alpha value is -2.34. The predicted molar refractivity (Wildman–Crippen MR) is 101 cm³/mol. The third-order valence-electron chi connectivity index (χ3n) is 3.29. The normalized spacial score (nSPS) is 10.4. The number of nitrogens with one attached hydrogen (secondary N) is 2. The number of thiocarbonyl (C=S) groups is 1. The number of benzene rings is 1. The van der Waals surface area contributed by atoms with E-state index in [1.54, 1.807) is 13.3 Å². The zero-order valence-corrected chi connectivity index (χ0v) is 15.2. The van der Waals surface area contributed by atoms with E-state index in [2.05, 4.69) is 15.6 Å². The highest BCUT2D eigenvalue weighted by Crippen LogP contribution is 2.28. The van der Waals surface area contributed by atoms with E-state index in [1.165, 1.54) is 0 Å². The maximum Gasteiger partial charge on any atom is 0.172 e. The maximum atomic E-state index is 5.72. The van der Waals surface area contributed by atoms with Crippen molar-refractivity contribution in [3.8, 4) is 11.5 Å². The summed E-state index contributed by atoms with van der Waals surface area (Å²) < 4.78 is 11.1. The largest absolute Gasteiger partial charge is 0.493 e. The Bertz CT molecular complexity index is 704. The molecule has 0 spiro atoms. The van der Waals surface area contributed by atoms with Crippen LogP contribution in [-0.4, -0.2) is 23.3 Å². The number of pyridine rings is 1. The van der Waals surface area contributed by atoms with E-state index < -0.39 is 0 Å². The van der Waals surface area contributed by atoms with Crippen molar-refractivity contribution in [2.45, 2.75) is 33.4 Å². The molecule has 2 N–H and O–H groups in total. The van der Waals surface area contributed by atoms with E-state index in [1.807, 2.05) is 51.1 Å². The van der Waals surface area contributed by atoms with Crippen molar-refractivity contribution in [1.82, 2.24) is 10.3 Å². The van der Waals surface area contributed by atoms with Crippen LogP contribution < -0.4 is 20.1 Å². The second-order valence-electron chi connectivity index (χ2n) is 5.63. The van der Waals surface area contributed by atoms with E-state index >= 15 is 0 Å². The van der Waals surface area contributed by atoms with Gasteiger partial charge in [-0.05, 0) is 62.3 Å². The molecule has 6 heteroatoms. The number of hydrogen-bond donors (Lipinski definition) is 2. The van der Waals surface area contributed by atoms with E-state index in [0.29, 0.717) is 17.4 Å². The molecule has 0 fully saturated rings. The van der Waals surface area contributed by atoms with Crippen molar-refractivity contribution in [2.75, 3.05) is 12.4 Å². The number of nitrogens with zero attached hydrogens (tertiary/aromatic N) is 1. The highest BCUT2D eigenvalue weighted by atomic mass is 32.1. The fourth-order valence-corrected chi connectivity index (χ4v) is 2.29. The summed E-state index contributed by atoms with van der Waals surface area (Å²) in [6, 6.07) is 9.72. The third-order valence-corrected chi connectivity index (χ3v) is 3.53. The Kier molecular flexibility index (Phi) is 6.37. The van der Waals surface area contributed by atoms with E-state index in [0.717, 1.165) is 22.7 Å². The van der Waals surface area contributed by atoms with Crippen molar-refractivity contribution in [3.63, 3.8) is 0 Å². The minimum absolute atomic E-state index is 0.0984. The average Bonchev–Trinajstić information content (AvgIpc) is 2.55. The lowest BCUT2D eigenvalue weighted by Gasteiger charge is -2.15. The van der Waals surface area contributed by atoms with Gasteiger partial charge in [-0.25, -0.2) is 4.98 Å². The van der Waals surface area contributed by atoms with Crippen molar-refractivity contribution in [3.05, 3.63) is 47.7 Å². The van der Waals surface area contributed by atoms with Gasteiger partial charge in [-0.15, -0.1) is 0 Å². The van der Waals surface area contributed by atoms with Crippen LogP contribution in [0.4, 0.5) is 5.82 Å². The second kappa shape index (κ2) is 8.49. The molecule has 0 unspecified atom stereocenters. The van der Waals surface area contributed by atoms with Gasteiger partial charge >= 0.3 is 0 Å². The van der Waals surface area contributed by atoms with Crippen LogP contribution in [0.15, 0.2) is 36.5 Å². The number of aryl methyl sites for hydroxylation is 1. The summed E-state index contributed by atoms with van der Waals surface area (Å²) in [5.74, 6) is 2.21. The Labute approximate surface area is 148 Å². The minimum atomic E-state index is 0.0984. The standard InChI is InChI=1S/C18H23N3O2S/c1-12(2)23-15-8-7-14(10-16(15)22-4)11-20-18(24)21-17-13(3)6-5-9-19-17/h5-10,12H,11H2,1-4H3,(H2,19,20,21,24). The quantitative estimate of drug-likeness (QED) is 0.779. The molecule has 1 aromatic heterocycles. The summed E-state index contributed by atoms with van der Waals surface area (Å²) >= 11 is 5.32. The van der Waals surface area contributed by atoms with E-state index in [9.17, 15) is 0 Å². The number of hydrogen-bond acceptors (Lipinski definition) is 4. The molecule has 0 aliphatic rings. The average molecular weight is 345 g/mol. The smallest absolute Gasteiger partial charge is 0.172 e. The van der Waals surface area contributed by atoms with Crippen LogP contribution in [0.25, 0.3) is 0 Å². The summed E-state index contributed by atoms with van der Waals surface area (Å²) in [6.07, 6.45) is 1.83. The topological polar surface area (TPSA) is 55.4 Å². The molecule has 0 radical (unpaired) electrons. The van der Waals surface area contributed by atoms with Crippen molar-refractivity contribution < 1.29 is 9.47 Å². The number of ether oxygens (including phenoxy) is 2. The first-order valence-corrected chi connectivity index (χ1v) is 8.20. The number of anilines is 1. The second-order valence-corrected chi connectivity index (χ2v) is 6.04. The molecule has 0 atom stereocenters. The van der Waals surface area contributed by atoms with E-state index in [4.69, 9.17) is 21.7 Å². The molecule has 0 aliphatic heterocycles. The van der Waals surface area contributed by atoms with Crippen molar-refractivity contribution >= 4 is 23.1 Å². The van der Waals surface area contributed by atoms with Gasteiger partial charge in [0.1, 0.15) is 5.82 Å².